The highest BCUT2D eigenvalue weighted by molar-refractivity contribution is 9.10. The standard InChI is InChI=1S/C14H20BrN3O2.2ClH/c15-12-8-11(9-17-10-12)14(19)18-5-2-13(3-6-18)20-7-1-4-16;;/h8-10,13H,1-7,16H2;2*1H. The van der Waals surface area contributed by atoms with Crippen LogP contribution in [-0.2, 0) is 4.74 Å². The van der Waals surface area contributed by atoms with E-state index < -0.39 is 0 Å². The molecule has 2 N–H and O–H groups in total. The first-order valence-corrected chi connectivity index (χ1v) is 7.71. The molecule has 1 amide bonds. The molecule has 0 atom stereocenters. The second-order valence-corrected chi connectivity index (χ2v) is 5.81. The zero-order valence-corrected chi connectivity index (χ0v) is 15.5. The second-order valence-electron chi connectivity index (χ2n) is 4.90. The second kappa shape index (κ2) is 11.2. The van der Waals surface area contributed by atoms with Crippen LogP contribution in [0.25, 0.3) is 0 Å². The number of ether oxygens (including phenoxy) is 1. The Labute approximate surface area is 151 Å². The molecule has 0 bridgehead atoms. The van der Waals surface area contributed by atoms with Crippen LogP contribution in [0.5, 0.6) is 0 Å². The molecule has 2 heterocycles. The van der Waals surface area contributed by atoms with E-state index >= 15 is 0 Å². The molecule has 1 fully saturated rings. The Balaban J connectivity index is 0.00000220. The van der Waals surface area contributed by atoms with Gasteiger partial charge in [0.15, 0.2) is 0 Å². The summed E-state index contributed by atoms with van der Waals surface area (Å²) in [7, 11) is 0. The lowest BCUT2D eigenvalue weighted by atomic mass is 10.1. The van der Waals surface area contributed by atoms with Crippen LogP contribution in [0, 0.1) is 0 Å². The van der Waals surface area contributed by atoms with Crippen molar-refractivity contribution in [2.45, 2.75) is 25.4 Å². The molecule has 0 radical (unpaired) electrons. The fraction of sp³-hybridized carbons (Fsp3) is 0.571. The summed E-state index contributed by atoms with van der Waals surface area (Å²) in [5.74, 6) is 0.0409. The lowest BCUT2D eigenvalue weighted by molar-refractivity contribution is 0.00843. The van der Waals surface area contributed by atoms with Gasteiger partial charge in [0.2, 0.25) is 0 Å². The van der Waals surface area contributed by atoms with Gasteiger partial charge in [-0.05, 0) is 47.8 Å². The number of carbonyl (C=O) groups excluding carboxylic acids is 1. The van der Waals surface area contributed by atoms with Crippen molar-refractivity contribution in [2.75, 3.05) is 26.2 Å². The third-order valence-electron chi connectivity index (χ3n) is 3.38. The van der Waals surface area contributed by atoms with Crippen LogP contribution >= 0.6 is 40.7 Å². The lowest BCUT2D eigenvalue weighted by Gasteiger charge is -2.32. The molecule has 0 aliphatic carbocycles. The van der Waals surface area contributed by atoms with Gasteiger partial charge in [-0.15, -0.1) is 24.8 Å². The van der Waals surface area contributed by atoms with E-state index in [0.29, 0.717) is 18.7 Å². The monoisotopic (exact) mass is 413 g/mol. The molecule has 126 valence electrons. The lowest BCUT2D eigenvalue weighted by Crippen LogP contribution is -2.41. The Morgan fingerprint density at radius 2 is 2.05 bits per heavy atom. The highest BCUT2D eigenvalue weighted by Gasteiger charge is 2.24. The number of nitrogens with two attached hydrogens (primary N) is 1. The molecule has 0 aromatic carbocycles. The Morgan fingerprint density at radius 1 is 1.36 bits per heavy atom. The zero-order valence-electron chi connectivity index (χ0n) is 12.2. The number of amides is 1. The zero-order chi connectivity index (χ0) is 14.4. The molecule has 8 heteroatoms. The average Bonchev–Trinajstić information content (AvgIpc) is 2.47. The molecule has 22 heavy (non-hydrogen) atoms. The van der Waals surface area contributed by atoms with E-state index in [2.05, 4.69) is 20.9 Å². The minimum atomic E-state index is 0. The summed E-state index contributed by atoms with van der Waals surface area (Å²) in [6, 6.07) is 1.80. The topological polar surface area (TPSA) is 68.5 Å². The van der Waals surface area contributed by atoms with E-state index in [1.807, 2.05) is 4.90 Å². The van der Waals surface area contributed by atoms with Crippen LogP contribution in [0.1, 0.15) is 29.6 Å². The number of hydrogen-bond donors (Lipinski definition) is 1. The highest BCUT2D eigenvalue weighted by Crippen LogP contribution is 2.17. The summed E-state index contributed by atoms with van der Waals surface area (Å²) in [6.07, 6.45) is 6.20. The van der Waals surface area contributed by atoms with Gasteiger partial charge in [0.25, 0.3) is 5.91 Å². The largest absolute Gasteiger partial charge is 0.378 e. The summed E-state index contributed by atoms with van der Waals surface area (Å²) in [4.78, 5) is 18.2. The van der Waals surface area contributed by atoms with Crippen molar-refractivity contribution in [3.05, 3.63) is 28.5 Å². The third-order valence-corrected chi connectivity index (χ3v) is 3.82. The van der Waals surface area contributed by atoms with E-state index in [-0.39, 0.29) is 36.8 Å². The number of carbonyl (C=O) groups is 1. The third kappa shape index (κ3) is 6.38. The summed E-state index contributed by atoms with van der Waals surface area (Å²) >= 11 is 3.34. The van der Waals surface area contributed by atoms with Gasteiger partial charge in [-0.2, -0.15) is 0 Å². The van der Waals surface area contributed by atoms with Crippen molar-refractivity contribution >= 4 is 46.7 Å². The Hall–Kier alpha value is -0.400. The Kier molecular flexibility index (Phi) is 11.0. The first-order valence-electron chi connectivity index (χ1n) is 6.92. The van der Waals surface area contributed by atoms with Gasteiger partial charge in [-0.1, -0.05) is 0 Å². The SMILES string of the molecule is Cl.Cl.NCCCOC1CCN(C(=O)c2cncc(Br)c2)CC1. The Bertz CT molecular complexity index is 457. The summed E-state index contributed by atoms with van der Waals surface area (Å²) in [6.45, 7) is 2.84. The van der Waals surface area contributed by atoms with E-state index in [1.165, 1.54) is 0 Å². The number of likely N-dealkylation sites (tertiary alicyclic amines) is 1. The van der Waals surface area contributed by atoms with Gasteiger partial charge in [0, 0.05) is 36.6 Å². The number of pyridine rings is 1. The van der Waals surface area contributed by atoms with E-state index in [9.17, 15) is 4.79 Å². The van der Waals surface area contributed by atoms with Crippen molar-refractivity contribution in [1.82, 2.24) is 9.88 Å². The van der Waals surface area contributed by atoms with Crippen molar-refractivity contribution in [1.29, 1.82) is 0 Å². The van der Waals surface area contributed by atoms with E-state index in [1.54, 1.807) is 18.5 Å². The van der Waals surface area contributed by atoms with Gasteiger partial charge in [-0.25, -0.2) is 0 Å². The van der Waals surface area contributed by atoms with E-state index in [0.717, 1.165) is 36.8 Å². The summed E-state index contributed by atoms with van der Waals surface area (Å²) in [5, 5.41) is 0. The average molecular weight is 415 g/mol. The minimum Gasteiger partial charge on any atom is -0.378 e. The molecule has 1 aliphatic rings. The highest BCUT2D eigenvalue weighted by atomic mass is 79.9. The van der Waals surface area contributed by atoms with Gasteiger partial charge in [0.05, 0.1) is 11.7 Å². The molecule has 5 nitrogen and oxygen atoms in total. The quantitative estimate of drug-likeness (QED) is 0.752. The van der Waals surface area contributed by atoms with Gasteiger partial charge in [0.1, 0.15) is 0 Å². The van der Waals surface area contributed by atoms with Crippen LogP contribution in [0.15, 0.2) is 22.9 Å². The first kappa shape index (κ1) is 21.6. The van der Waals surface area contributed by atoms with Crippen LogP contribution in [0.2, 0.25) is 0 Å². The predicted octanol–water partition coefficient (Wildman–Crippen LogP) is 2.66. The maximum Gasteiger partial charge on any atom is 0.255 e. The molecule has 0 saturated carbocycles. The predicted molar refractivity (Wildman–Crippen MR) is 95.0 cm³/mol. The number of aromatic nitrogens is 1. The van der Waals surface area contributed by atoms with Crippen LogP contribution in [0.4, 0.5) is 0 Å². The van der Waals surface area contributed by atoms with Crippen molar-refractivity contribution in [2.24, 2.45) is 5.73 Å². The number of halogens is 3. The number of hydrogen-bond acceptors (Lipinski definition) is 4. The minimum absolute atomic E-state index is 0. The fourth-order valence-electron chi connectivity index (χ4n) is 2.27. The van der Waals surface area contributed by atoms with Crippen molar-refractivity contribution in [3.63, 3.8) is 0 Å². The number of rotatable bonds is 5. The molecule has 2 rings (SSSR count). The van der Waals surface area contributed by atoms with E-state index in [4.69, 9.17) is 10.5 Å². The summed E-state index contributed by atoms with van der Waals surface area (Å²) in [5.41, 5.74) is 6.07. The molecule has 1 aromatic rings. The molecular weight excluding hydrogens is 393 g/mol. The number of nitrogens with zero attached hydrogens (tertiary/aromatic N) is 2. The Morgan fingerprint density at radius 3 is 2.64 bits per heavy atom. The smallest absolute Gasteiger partial charge is 0.255 e. The van der Waals surface area contributed by atoms with Crippen molar-refractivity contribution < 1.29 is 9.53 Å². The molecule has 0 unspecified atom stereocenters. The molecule has 1 aliphatic heterocycles. The summed E-state index contributed by atoms with van der Waals surface area (Å²) < 4.78 is 6.56. The van der Waals surface area contributed by atoms with Crippen LogP contribution in [0.3, 0.4) is 0 Å². The number of piperidine rings is 1. The molecule has 1 saturated heterocycles. The fourth-order valence-corrected chi connectivity index (χ4v) is 2.64. The van der Waals surface area contributed by atoms with Gasteiger partial charge < -0.3 is 15.4 Å². The van der Waals surface area contributed by atoms with Crippen LogP contribution < -0.4 is 5.73 Å². The first-order chi connectivity index (χ1) is 9.70. The maximum absolute atomic E-state index is 12.3. The molecule has 0 spiro atoms. The molecular formula is C14H22BrCl2N3O2. The van der Waals surface area contributed by atoms with Crippen molar-refractivity contribution in [3.8, 4) is 0 Å². The van der Waals surface area contributed by atoms with Gasteiger partial charge >= 0.3 is 0 Å². The normalized spacial score (nSPS) is 14.9. The van der Waals surface area contributed by atoms with Crippen LogP contribution in [-0.4, -0.2) is 48.1 Å². The maximum atomic E-state index is 12.3. The van der Waals surface area contributed by atoms with Gasteiger partial charge in [-0.3, -0.25) is 9.78 Å². The molecule has 1 aromatic heterocycles.